The largest absolute Gasteiger partial charge is 0.313 e. The highest BCUT2D eigenvalue weighted by Crippen LogP contribution is 2.24. The van der Waals surface area contributed by atoms with Gasteiger partial charge < -0.3 is 5.32 Å². The van der Waals surface area contributed by atoms with Crippen LogP contribution in [0.4, 0.5) is 0 Å². The van der Waals surface area contributed by atoms with Crippen LogP contribution in [0.15, 0.2) is 30.3 Å². The lowest BCUT2D eigenvalue weighted by Crippen LogP contribution is -2.40. The van der Waals surface area contributed by atoms with E-state index in [1.165, 1.54) is 5.56 Å². The zero-order chi connectivity index (χ0) is 14.6. The molecule has 0 saturated carbocycles. The summed E-state index contributed by atoms with van der Waals surface area (Å²) in [6.45, 7) is 5.40. The van der Waals surface area contributed by atoms with Crippen molar-refractivity contribution in [2.75, 3.05) is 18.1 Å². The average molecular weight is 295 g/mol. The van der Waals surface area contributed by atoms with E-state index in [0.717, 1.165) is 19.4 Å². The quantitative estimate of drug-likeness (QED) is 0.908. The predicted octanol–water partition coefficient (Wildman–Crippen LogP) is 2.59. The van der Waals surface area contributed by atoms with E-state index in [-0.39, 0.29) is 0 Å². The first-order valence-electron chi connectivity index (χ1n) is 7.47. The van der Waals surface area contributed by atoms with Gasteiger partial charge in [0.25, 0.3) is 0 Å². The van der Waals surface area contributed by atoms with E-state index in [2.05, 4.69) is 43.4 Å². The minimum atomic E-state index is -2.76. The number of sulfone groups is 1. The third-order valence-corrected chi connectivity index (χ3v) is 5.93. The van der Waals surface area contributed by atoms with Crippen molar-refractivity contribution in [2.24, 2.45) is 5.92 Å². The summed E-state index contributed by atoms with van der Waals surface area (Å²) in [4.78, 5) is 0. The summed E-state index contributed by atoms with van der Waals surface area (Å²) in [5.41, 5.74) is 1.36. The molecular weight excluding hydrogens is 270 g/mol. The van der Waals surface area contributed by atoms with Crippen molar-refractivity contribution in [1.29, 1.82) is 0 Å². The van der Waals surface area contributed by atoms with Gasteiger partial charge in [0.05, 0.1) is 11.5 Å². The van der Waals surface area contributed by atoms with Crippen LogP contribution >= 0.6 is 0 Å². The Bertz CT molecular complexity index is 497. The van der Waals surface area contributed by atoms with Gasteiger partial charge in [-0.05, 0) is 30.2 Å². The van der Waals surface area contributed by atoms with Crippen molar-refractivity contribution in [3.63, 3.8) is 0 Å². The summed E-state index contributed by atoms with van der Waals surface area (Å²) in [7, 11) is -2.76. The molecule has 1 aliphatic rings. The molecule has 112 valence electrons. The molecular formula is C16H25NO2S. The Hall–Kier alpha value is -0.870. The van der Waals surface area contributed by atoms with E-state index in [0.29, 0.717) is 29.4 Å². The van der Waals surface area contributed by atoms with Gasteiger partial charge in [-0.2, -0.15) is 0 Å². The zero-order valence-corrected chi connectivity index (χ0v) is 13.2. The third kappa shape index (κ3) is 4.32. The van der Waals surface area contributed by atoms with Crippen molar-refractivity contribution >= 4 is 9.84 Å². The van der Waals surface area contributed by atoms with Crippen LogP contribution in [0.1, 0.15) is 38.2 Å². The maximum Gasteiger partial charge on any atom is 0.150 e. The van der Waals surface area contributed by atoms with Gasteiger partial charge in [0.15, 0.2) is 0 Å². The number of hydrogen-bond acceptors (Lipinski definition) is 3. The first-order chi connectivity index (χ1) is 9.48. The summed E-state index contributed by atoms with van der Waals surface area (Å²) in [5.74, 6) is 1.72. The van der Waals surface area contributed by atoms with E-state index in [4.69, 9.17) is 0 Å². The van der Waals surface area contributed by atoms with E-state index < -0.39 is 9.84 Å². The Morgan fingerprint density at radius 1 is 1.15 bits per heavy atom. The van der Waals surface area contributed by atoms with Gasteiger partial charge in [-0.3, -0.25) is 0 Å². The van der Waals surface area contributed by atoms with Crippen LogP contribution in [-0.4, -0.2) is 32.5 Å². The minimum Gasteiger partial charge on any atom is -0.313 e. The second kappa shape index (κ2) is 6.72. The van der Waals surface area contributed by atoms with Gasteiger partial charge in [-0.15, -0.1) is 0 Å². The van der Waals surface area contributed by atoms with Crippen LogP contribution in [0.25, 0.3) is 0 Å². The molecule has 1 unspecified atom stereocenters. The fourth-order valence-electron chi connectivity index (χ4n) is 2.83. The van der Waals surface area contributed by atoms with Crippen molar-refractivity contribution < 1.29 is 8.42 Å². The lowest BCUT2D eigenvalue weighted by atomic mass is 9.88. The summed E-state index contributed by atoms with van der Waals surface area (Å²) < 4.78 is 22.9. The standard InChI is InChI=1S/C16H25NO2S/c1-13(2)16(14-6-4-3-5-7-14)12-17-15-8-10-20(18,19)11-9-15/h3-7,13,15-17H,8-12H2,1-2H3. The van der Waals surface area contributed by atoms with Gasteiger partial charge in [-0.25, -0.2) is 8.42 Å². The monoisotopic (exact) mass is 295 g/mol. The summed E-state index contributed by atoms with van der Waals surface area (Å²) in [5, 5.41) is 3.57. The van der Waals surface area contributed by atoms with Crippen molar-refractivity contribution in [3.05, 3.63) is 35.9 Å². The highest BCUT2D eigenvalue weighted by Gasteiger charge is 2.24. The average Bonchev–Trinajstić information content (AvgIpc) is 2.41. The fraction of sp³-hybridized carbons (Fsp3) is 0.625. The van der Waals surface area contributed by atoms with Crippen LogP contribution in [0, 0.1) is 5.92 Å². The second-order valence-corrected chi connectivity index (χ2v) is 8.40. The number of nitrogens with one attached hydrogen (secondary N) is 1. The van der Waals surface area contributed by atoms with Gasteiger partial charge in [0.1, 0.15) is 9.84 Å². The Morgan fingerprint density at radius 2 is 1.75 bits per heavy atom. The van der Waals surface area contributed by atoms with E-state index in [9.17, 15) is 8.42 Å². The Balaban J connectivity index is 1.91. The first kappa shape index (κ1) is 15.5. The normalized spacial score (nSPS) is 20.9. The Labute approximate surface area is 122 Å². The molecule has 1 aromatic carbocycles. The third-order valence-electron chi connectivity index (χ3n) is 4.21. The molecule has 1 saturated heterocycles. The van der Waals surface area contributed by atoms with Crippen LogP contribution in [0.5, 0.6) is 0 Å². The molecule has 1 atom stereocenters. The molecule has 0 spiro atoms. The van der Waals surface area contributed by atoms with Crippen LogP contribution in [0.3, 0.4) is 0 Å². The predicted molar refractivity (Wildman–Crippen MR) is 83.7 cm³/mol. The zero-order valence-electron chi connectivity index (χ0n) is 12.4. The lowest BCUT2D eigenvalue weighted by molar-refractivity contribution is 0.402. The maximum absolute atomic E-state index is 11.4. The van der Waals surface area contributed by atoms with Gasteiger partial charge in [-0.1, -0.05) is 44.2 Å². The van der Waals surface area contributed by atoms with Crippen LogP contribution in [0.2, 0.25) is 0 Å². The second-order valence-electron chi connectivity index (χ2n) is 6.10. The number of rotatable bonds is 5. The molecule has 0 aliphatic carbocycles. The Kier molecular flexibility index (Phi) is 5.22. The SMILES string of the molecule is CC(C)C(CNC1CCS(=O)(=O)CC1)c1ccccc1. The summed E-state index contributed by atoms with van der Waals surface area (Å²) in [6, 6.07) is 10.9. The highest BCUT2D eigenvalue weighted by molar-refractivity contribution is 7.91. The highest BCUT2D eigenvalue weighted by atomic mass is 32.2. The Morgan fingerprint density at radius 3 is 2.30 bits per heavy atom. The first-order valence-corrected chi connectivity index (χ1v) is 9.29. The van der Waals surface area contributed by atoms with E-state index in [1.54, 1.807) is 0 Å². The lowest BCUT2D eigenvalue weighted by Gasteiger charge is -2.28. The number of hydrogen-bond donors (Lipinski definition) is 1. The van der Waals surface area contributed by atoms with Crippen molar-refractivity contribution in [2.45, 2.75) is 38.6 Å². The molecule has 1 N–H and O–H groups in total. The van der Waals surface area contributed by atoms with Crippen LogP contribution < -0.4 is 5.32 Å². The topological polar surface area (TPSA) is 46.2 Å². The van der Waals surface area contributed by atoms with Gasteiger partial charge >= 0.3 is 0 Å². The molecule has 1 aromatic rings. The molecule has 2 rings (SSSR count). The molecule has 0 amide bonds. The van der Waals surface area contributed by atoms with Crippen molar-refractivity contribution in [3.8, 4) is 0 Å². The number of benzene rings is 1. The molecule has 1 heterocycles. The van der Waals surface area contributed by atoms with E-state index >= 15 is 0 Å². The smallest absolute Gasteiger partial charge is 0.150 e. The molecule has 20 heavy (non-hydrogen) atoms. The molecule has 4 heteroatoms. The van der Waals surface area contributed by atoms with Crippen LogP contribution in [-0.2, 0) is 9.84 Å². The van der Waals surface area contributed by atoms with Gasteiger partial charge in [0, 0.05) is 12.6 Å². The molecule has 1 aliphatic heterocycles. The molecule has 1 fully saturated rings. The summed E-state index contributed by atoms with van der Waals surface area (Å²) >= 11 is 0. The van der Waals surface area contributed by atoms with Crippen molar-refractivity contribution in [1.82, 2.24) is 5.32 Å². The molecule has 0 bridgehead atoms. The van der Waals surface area contributed by atoms with Gasteiger partial charge in [0.2, 0.25) is 0 Å². The molecule has 0 radical (unpaired) electrons. The summed E-state index contributed by atoms with van der Waals surface area (Å²) in [6.07, 6.45) is 1.50. The maximum atomic E-state index is 11.4. The minimum absolute atomic E-state index is 0.336. The fourth-order valence-corrected chi connectivity index (χ4v) is 4.32. The molecule has 3 nitrogen and oxygen atoms in total. The van der Waals surface area contributed by atoms with E-state index in [1.807, 2.05) is 6.07 Å². The molecule has 0 aromatic heterocycles.